The fourth-order valence-corrected chi connectivity index (χ4v) is 3.30. The Morgan fingerprint density at radius 3 is 2.70 bits per heavy atom. The Kier molecular flexibility index (Phi) is 5.37. The normalized spacial score (nSPS) is 30.4. The minimum Gasteiger partial charge on any atom is -0.390 e. The average Bonchev–Trinajstić information content (AvgIpc) is 2.69. The van der Waals surface area contributed by atoms with Crippen LogP contribution in [0.15, 0.2) is 0 Å². The molecule has 3 N–H and O–H groups in total. The first kappa shape index (κ1) is 15.7. The Morgan fingerprint density at radius 1 is 1.35 bits per heavy atom. The summed E-state index contributed by atoms with van der Waals surface area (Å²) in [5.41, 5.74) is -0.622. The number of nitrogens with one attached hydrogen (secondary N) is 1. The molecule has 0 aromatic heterocycles. The van der Waals surface area contributed by atoms with Crippen molar-refractivity contribution in [2.75, 3.05) is 33.4 Å². The summed E-state index contributed by atoms with van der Waals surface area (Å²) in [5, 5.41) is 23.3. The van der Waals surface area contributed by atoms with Crippen LogP contribution in [0.4, 0.5) is 0 Å². The molecule has 2 fully saturated rings. The van der Waals surface area contributed by atoms with E-state index >= 15 is 0 Å². The van der Waals surface area contributed by atoms with Gasteiger partial charge in [0.15, 0.2) is 0 Å². The van der Waals surface area contributed by atoms with Crippen LogP contribution in [0.5, 0.6) is 0 Å². The van der Waals surface area contributed by atoms with Crippen LogP contribution in [0.1, 0.15) is 32.1 Å². The summed E-state index contributed by atoms with van der Waals surface area (Å²) in [6, 6.07) is -0.273. The van der Waals surface area contributed by atoms with Crippen LogP contribution in [0.25, 0.3) is 0 Å². The van der Waals surface area contributed by atoms with Gasteiger partial charge in [-0.2, -0.15) is 0 Å². The molecule has 1 aliphatic heterocycles. The van der Waals surface area contributed by atoms with Crippen LogP contribution in [-0.2, 0) is 9.53 Å². The molecule has 0 unspecified atom stereocenters. The van der Waals surface area contributed by atoms with Crippen molar-refractivity contribution in [2.24, 2.45) is 0 Å². The van der Waals surface area contributed by atoms with E-state index in [4.69, 9.17) is 4.74 Å². The van der Waals surface area contributed by atoms with E-state index in [-0.39, 0.29) is 18.6 Å². The molecule has 1 saturated carbocycles. The molecule has 20 heavy (non-hydrogen) atoms. The van der Waals surface area contributed by atoms with Crippen LogP contribution in [0.3, 0.4) is 0 Å². The van der Waals surface area contributed by atoms with E-state index < -0.39 is 11.7 Å². The molecule has 1 heterocycles. The maximum Gasteiger partial charge on any atom is 0.246 e. The van der Waals surface area contributed by atoms with Crippen LogP contribution >= 0.6 is 0 Å². The minimum absolute atomic E-state index is 0.00710. The second kappa shape index (κ2) is 6.85. The molecule has 116 valence electrons. The number of hydrogen-bond acceptors (Lipinski definition) is 5. The van der Waals surface area contributed by atoms with Crippen LogP contribution < -0.4 is 5.32 Å². The number of carbonyl (C=O) groups excluding carboxylic acids is 1. The summed E-state index contributed by atoms with van der Waals surface area (Å²) >= 11 is 0. The number of carbonyl (C=O) groups is 1. The summed E-state index contributed by atoms with van der Waals surface area (Å²) in [4.78, 5) is 13.5. The van der Waals surface area contributed by atoms with Gasteiger partial charge in [0, 0.05) is 26.7 Å². The lowest BCUT2D eigenvalue weighted by molar-refractivity contribution is -0.125. The number of aliphatic hydroxyl groups is 2. The predicted molar refractivity (Wildman–Crippen MR) is 74.3 cm³/mol. The quantitative estimate of drug-likeness (QED) is 0.634. The SMILES string of the molecule is COCC(=O)N[C@@H]1CN(CC2(O)CCCCC2)C[C@H]1O. The number of aliphatic hydroxyl groups excluding tert-OH is 1. The molecule has 1 amide bonds. The average molecular weight is 286 g/mol. The van der Waals surface area contributed by atoms with Crippen LogP contribution in [-0.4, -0.2) is 72.1 Å². The van der Waals surface area contributed by atoms with E-state index in [1.807, 2.05) is 4.90 Å². The molecule has 2 rings (SSSR count). The van der Waals surface area contributed by atoms with Gasteiger partial charge in [0.1, 0.15) is 6.61 Å². The van der Waals surface area contributed by atoms with Crippen molar-refractivity contribution < 1.29 is 19.7 Å². The van der Waals surface area contributed by atoms with Crippen molar-refractivity contribution in [3.63, 3.8) is 0 Å². The Hall–Kier alpha value is -0.690. The molecule has 6 heteroatoms. The van der Waals surface area contributed by atoms with Gasteiger partial charge >= 0.3 is 0 Å². The maximum atomic E-state index is 11.5. The lowest BCUT2D eigenvalue weighted by atomic mass is 9.84. The highest BCUT2D eigenvalue weighted by Gasteiger charge is 2.38. The van der Waals surface area contributed by atoms with Gasteiger partial charge < -0.3 is 20.3 Å². The number of β-amino-alcohol motifs (C(OH)–C–C–N with tert-alkyl or cyclic N) is 2. The van der Waals surface area contributed by atoms with Crippen molar-refractivity contribution >= 4 is 5.91 Å². The molecular formula is C14H26N2O4. The molecule has 2 aliphatic rings. The van der Waals surface area contributed by atoms with Gasteiger partial charge in [-0.05, 0) is 12.8 Å². The van der Waals surface area contributed by atoms with E-state index in [9.17, 15) is 15.0 Å². The Morgan fingerprint density at radius 2 is 2.05 bits per heavy atom. The van der Waals surface area contributed by atoms with Gasteiger partial charge in [-0.1, -0.05) is 19.3 Å². The smallest absolute Gasteiger partial charge is 0.246 e. The standard InChI is InChI=1S/C14H26N2O4/c1-20-9-13(18)15-11-7-16(8-12(11)17)10-14(19)5-3-2-4-6-14/h11-12,17,19H,2-10H2,1H3,(H,15,18)/t11-,12-/m1/s1. The summed E-state index contributed by atoms with van der Waals surface area (Å²) in [5.74, 6) is -0.213. The number of nitrogens with zero attached hydrogens (tertiary/aromatic N) is 1. The number of likely N-dealkylation sites (tertiary alicyclic amines) is 1. The zero-order valence-corrected chi connectivity index (χ0v) is 12.2. The van der Waals surface area contributed by atoms with Gasteiger partial charge in [-0.15, -0.1) is 0 Å². The third kappa shape index (κ3) is 4.15. The van der Waals surface area contributed by atoms with Crippen molar-refractivity contribution in [1.82, 2.24) is 10.2 Å². The largest absolute Gasteiger partial charge is 0.390 e. The van der Waals surface area contributed by atoms with Gasteiger partial charge in [-0.3, -0.25) is 9.69 Å². The Bertz CT molecular complexity index is 331. The Balaban J connectivity index is 1.82. The zero-order valence-electron chi connectivity index (χ0n) is 12.2. The summed E-state index contributed by atoms with van der Waals surface area (Å²) in [6.45, 7) is 1.67. The topological polar surface area (TPSA) is 82.0 Å². The predicted octanol–water partition coefficient (Wildman–Crippen LogP) is -0.511. The highest BCUT2D eigenvalue weighted by atomic mass is 16.5. The van der Waals surface area contributed by atoms with Gasteiger partial charge in [0.05, 0.1) is 17.7 Å². The monoisotopic (exact) mass is 286 g/mol. The molecule has 1 aliphatic carbocycles. The molecule has 0 bridgehead atoms. The zero-order chi connectivity index (χ0) is 14.6. The lowest BCUT2D eigenvalue weighted by Gasteiger charge is -2.35. The van der Waals surface area contributed by atoms with Crippen LogP contribution in [0, 0.1) is 0 Å². The third-order valence-electron chi connectivity index (χ3n) is 4.29. The fourth-order valence-electron chi connectivity index (χ4n) is 3.30. The second-order valence-electron chi connectivity index (χ2n) is 6.15. The van der Waals surface area contributed by atoms with Gasteiger partial charge in [0.25, 0.3) is 0 Å². The fraction of sp³-hybridized carbons (Fsp3) is 0.929. The van der Waals surface area contributed by atoms with Gasteiger partial charge in [0.2, 0.25) is 5.91 Å². The minimum atomic E-state index is -0.622. The molecule has 0 radical (unpaired) electrons. The molecule has 1 saturated heterocycles. The van der Waals surface area contributed by atoms with Crippen molar-refractivity contribution in [1.29, 1.82) is 0 Å². The van der Waals surface area contributed by atoms with E-state index in [0.717, 1.165) is 25.7 Å². The molecule has 2 atom stereocenters. The maximum absolute atomic E-state index is 11.5. The Labute approximate surface area is 120 Å². The number of methoxy groups -OCH3 is 1. The van der Waals surface area contributed by atoms with E-state index in [2.05, 4.69) is 5.32 Å². The van der Waals surface area contributed by atoms with E-state index in [1.54, 1.807) is 0 Å². The highest BCUT2D eigenvalue weighted by Crippen LogP contribution is 2.29. The second-order valence-corrected chi connectivity index (χ2v) is 6.15. The molecule has 0 spiro atoms. The van der Waals surface area contributed by atoms with E-state index in [0.29, 0.717) is 19.6 Å². The molecular weight excluding hydrogens is 260 g/mol. The summed E-state index contributed by atoms with van der Waals surface area (Å²) in [6.07, 6.45) is 4.42. The number of rotatable bonds is 5. The first-order valence-corrected chi connectivity index (χ1v) is 7.43. The highest BCUT2D eigenvalue weighted by molar-refractivity contribution is 5.77. The van der Waals surface area contributed by atoms with Crippen molar-refractivity contribution in [3.05, 3.63) is 0 Å². The summed E-state index contributed by atoms with van der Waals surface area (Å²) < 4.78 is 4.77. The first-order valence-electron chi connectivity index (χ1n) is 7.43. The van der Waals surface area contributed by atoms with E-state index in [1.165, 1.54) is 13.5 Å². The first-order chi connectivity index (χ1) is 9.52. The molecule has 0 aromatic carbocycles. The van der Waals surface area contributed by atoms with Gasteiger partial charge in [-0.25, -0.2) is 0 Å². The number of hydrogen-bond donors (Lipinski definition) is 3. The lowest BCUT2D eigenvalue weighted by Crippen LogP contribution is -2.46. The number of amides is 1. The number of ether oxygens (including phenoxy) is 1. The molecule has 6 nitrogen and oxygen atoms in total. The molecule has 0 aromatic rings. The van der Waals surface area contributed by atoms with Crippen molar-refractivity contribution in [2.45, 2.75) is 49.9 Å². The van der Waals surface area contributed by atoms with Crippen molar-refractivity contribution in [3.8, 4) is 0 Å². The third-order valence-corrected chi connectivity index (χ3v) is 4.29. The summed E-state index contributed by atoms with van der Waals surface area (Å²) in [7, 11) is 1.47. The van der Waals surface area contributed by atoms with Crippen LogP contribution in [0.2, 0.25) is 0 Å².